The molecule has 3 N–H and O–H groups in total. The van der Waals surface area contributed by atoms with Gasteiger partial charge < -0.3 is 20.7 Å². The van der Waals surface area contributed by atoms with Crippen LogP contribution in [0.2, 0.25) is 5.02 Å². The summed E-state index contributed by atoms with van der Waals surface area (Å²) >= 11 is 5.99. The molecule has 2 atom stereocenters. The average molecular weight is 511 g/mol. The summed E-state index contributed by atoms with van der Waals surface area (Å²) < 4.78 is 44.4. The summed E-state index contributed by atoms with van der Waals surface area (Å²) in [5.41, 5.74) is 3.39. The van der Waals surface area contributed by atoms with Gasteiger partial charge in [-0.05, 0) is 69.9 Å². The predicted molar refractivity (Wildman–Crippen MR) is 124 cm³/mol. The molecule has 2 fully saturated rings. The molecule has 2 aromatic rings. The topological polar surface area (TPSA) is 97.5 Å². The molecule has 2 bridgehead atoms. The van der Waals surface area contributed by atoms with Gasteiger partial charge in [0.05, 0.1) is 16.1 Å². The van der Waals surface area contributed by atoms with E-state index in [9.17, 15) is 22.8 Å². The summed E-state index contributed by atoms with van der Waals surface area (Å²) in [5.74, 6) is -0.140. The van der Waals surface area contributed by atoms with Crippen molar-refractivity contribution in [2.45, 2.75) is 69.4 Å². The van der Waals surface area contributed by atoms with Crippen molar-refractivity contribution in [3.8, 4) is 5.75 Å². The monoisotopic (exact) mass is 510 g/mol. The maximum absolute atomic E-state index is 13.0. The van der Waals surface area contributed by atoms with Crippen LogP contribution in [0.4, 0.5) is 19.0 Å². The molecule has 7 nitrogen and oxygen atoms in total. The number of ether oxygens (including phenoxy) is 1. The number of aromatic nitrogens is 1. The van der Waals surface area contributed by atoms with Gasteiger partial charge in [0.25, 0.3) is 5.91 Å². The Kier molecular flexibility index (Phi) is 6.61. The van der Waals surface area contributed by atoms with Crippen LogP contribution in [0.3, 0.4) is 0 Å². The molecule has 3 heterocycles. The molecule has 2 unspecified atom stereocenters. The number of primary amides is 1. The van der Waals surface area contributed by atoms with Crippen molar-refractivity contribution in [2.24, 2.45) is 5.73 Å². The summed E-state index contributed by atoms with van der Waals surface area (Å²) in [6.45, 7) is 3.09. The molecule has 2 amide bonds. The Balaban J connectivity index is 1.39. The lowest BCUT2D eigenvalue weighted by Gasteiger charge is -2.40. The third-order valence-corrected chi connectivity index (χ3v) is 6.83. The van der Waals surface area contributed by atoms with E-state index in [2.05, 4.69) is 15.2 Å². The van der Waals surface area contributed by atoms with Gasteiger partial charge >= 0.3 is 6.18 Å². The molecule has 2 saturated heterocycles. The van der Waals surface area contributed by atoms with E-state index >= 15 is 0 Å². The van der Waals surface area contributed by atoms with E-state index < -0.39 is 23.2 Å². The first-order chi connectivity index (χ1) is 16.3. The van der Waals surface area contributed by atoms with Crippen molar-refractivity contribution in [1.29, 1.82) is 0 Å². The molecule has 0 saturated carbocycles. The fraction of sp³-hybridized carbons (Fsp3) is 0.458. The van der Waals surface area contributed by atoms with Gasteiger partial charge in [-0.3, -0.25) is 9.59 Å². The highest BCUT2D eigenvalue weighted by Gasteiger charge is 2.43. The minimum Gasteiger partial charge on any atom is -0.476 e. The number of nitrogens with two attached hydrogens (primary N) is 1. The van der Waals surface area contributed by atoms with Crippen LogP contribution in [-0.4, -0.2) is 40.5 Å². The molecule has 0 radical (unpaired) electrons. The molecule has 0 aliphatic carbocycles. The zero-order chi connectivity index (χ0) is 25.5. The standard InChI is InChI=1S/C24H26ClF3N4O3/c1-23(2,35-19-7-4-14(9-18(19)25)24(26,27)28)22(34)31-15-10-16-5-6-17(11-15)32(16)20-8-3-13(12-30-20)21(29)33/h3-4,7-9,12,15-17H,5-6,10-11H2,1-2H3,(H2,29,33)(H,31,34). The molecule has 11 heteroatoms. The zero-order valence-corrected chi connectivity index (χ0v) is 20.0. The summed E-state index contributed by atoms with van der Waals surface area (Å²) in [6, 6.07) is 6.48. The van der Waals surface area contributed by atoms with Gasteiger partial charge in [0.1, 0.15) is 11.6 Å². The molecule has 4 rings (SSSR count). The van der Waals surface area contributed by atoms with Crippen LogP contribution in [-0.2, 0) is 11.0 Å². The second-order valence-corrected chi connectivity index (χ2v) is 9.87. The summed E-state index contributed by atoms with van der Waals surface area (Å²) in [7, 11) is 0. The van der Waals surface area contributed by atoms with E-state index in [4.69, 9.17) is 22.1 Å². The minimum atomic E-state index is -4.53. The number of carbonyl (C=O) groups excluding carboxylic acids is 2. The van der Waals surface area contributed by atoms with Gasteiger partial charge in [0.15, 0.2) is 5.60 Å². The Morgan fingerprint density at radius 3 is 2.31 bits per heavy atom. The summed E-state index contributed by atoms with van der Waals surface area (Å²) in [6.07, 6.45) is 0.270. The van der Waals surface area contributed by atoms with Crippen LogP contribution in [0, 0.1) is 0 Å². The molecular weight excluding hydrogens is 485 g/mol. The third-order valence-electron chi connectivity index (χ3n) is 6.54. The van der Waals surface area contributed by atoms with Gasteiger partial charge in [-0.25, -0.2) is 4.98 Å². The number of carbonyl (C=O) groups is 2. The van der Waals surface area contributed by atoms with E-state index in [0.29, 0.717) is 18.4 Å². The number of halogens is 4. The maximum atomic E-state index is 13.0. The molecule has 2 aliphatic heterocycles. The number of nitrogens with zero attached hydrogens (tertiary/aromatic N) is 2. The highest BCUT2D eigenvalue weighted by Crippen LogP contribution is 2.39. The van der Waals surface area contributed by atoms with Gasteiger partial charge in [-0.1, -0.05) is 11.6 Å². The number of benzene rings is 1. The molecular formula is C24H26ClF3N4O3. The largest absolute Gasteiger partial charge is 0.476 e. The number of pyridine rings is 1. The van der Waals surface area contributed by atoms with Crippen molar-refractivity contribution in [3.05, 3.63) is 52.7 Å². The Morgan fingerprint density at radius 1 is 1.14 bits per heavy atom. The van der Waals surface area contributed by atoms with Gasteiger partial charge in [0.2, 0.25) is 5.91 Å². The van der Waals surface area contributed by atoms with Gasteiger partial charge in [0, 0.05) is 24.3 Å². The summed E-state index contributed by atoms with van der Waals surface area (Å²) in [5, 5.41) is 2.82. The van der Waals surface area contributed by atoms with Crippen molar-refractivity contribution in [2.75, 3.05) is 4.90 Å². The lowest BCUT2D eigenvalue weighted by Crippen LogP contribution is -2.55. The first-order valence-electron chi connectivity index (χ1n) is 11.3. The van der Waals surface area contributed by atoms with Crippen molar-refractivity contribution < 1.29 is 27.5 Å². The fourth-order valence-electron chi connectivity index (χ4n) is 4.79. The van der Waals surface area contributed by atoms with E-state index in [-0.39, 0.29) is 34.8 Å². The van der Waals surface area contributed by atoms with Crippen LogP contribution in [0.25, 0.3) is 0 Å². The quantitative estimate of drug-likeness (QED) is 0.603. The number of hydrogen-bond acceptors (Lipinski definition) is 5. The van der Waals surface area contributed by atoms with Crippen LogP contribution < -0.4 is 20.7 Å². The lowest BCUT2D eigenvalue weighted by atomic mass is 9.96. The van der Waals surface area contributed by atoms with Crippen molar-refractivity contribution in [3.63, 3.8) is 0 Å². The van der Waals surface area contributed by atoms with E-state index in [1.807, 2.05) is 0 Å². The Bertz CT molecular complexity index is 1110. The van der Waals surface area contributed by atoms with Gasteiger partial charge in [-0.2, -0.15) is 13.2 Å². The first-order valence-corrected chi connectivity index (χ1v) is 11.6. The number of alkyl halides is 3. The number of hydrogen-bond donors (Lipinski definition) is 2. The zero-order valence-electron chi connectivity index (χ0n) is 19.2. The number of amides is 2. The Morgan fingerprint density at radius 2 is 1.80 bits per heavy atom. The van der Waals surface area contributed by atoms with E-state index in [0.717, 1.165) is 36.9 Å². The van der Waals surface area contributed by atoms with Crippen LogP contribution in [0.5, 0.6) is 5.75 Å². The van der Waals surface area contributed by atoms with Crippen LogP contribution >= 0.6 is 11.6 Å². The van der Waals surface area contributed by atoms with E-state index in [1.54, 1.807) is 26.0 Å². The third kappa shape index (κ3) is 5.32. The second kappa shape index (κ2) is 9.22. The molecule has 188 valence electrons. The van der Waals surface area contributed by atoms with Crippen LogP contribution in [0.1, 0.15) is 55.5 Å². The number of fused-ring (bicyclic) bond motifs is 2. The number of anilines is 1. The normalized spacial score (nSPS) is 22.1. The average Bonchev–Trinajstić information content (AvgIpc) is 3.04. The SMILES string of the molecule is CC(C)(Oc1ccc(C(F)(F)F)cc1Cl)C(=O)NC1CC2CCC(C1)N2c1ccc(C(N)=O)cn1. The lowest BCUT2D eigenvalue weighted by molar-refractivity contribution is -0.138. The Hall–Kier alpha value is -3.01. The highest BCUT2D eigenvalue weighted by atomic mass is 35.5. The molecule has 0 spiro atoms. The number of piperidine rings is 1. The molecule has 1 aromatic heterocycles. The first kappa shape index (κ1) is 25.1. The van der Waals surface area contributed by atoms with Crippen LogP contribution in [0.15, 0.2) is 36.5 Å². The highest BCUT2D eigenvalue weighted by molar-refractivity contribution is 6.32. The minimum absolute atomic E-state index is 0.000174. The summed E-state index contributed by atoms with van der Waals surface area (Å²) in [4.78, 5) is 31.0. The predicted octanol–water partition coefficient (Wildman–Crippen LogP) is 4.33. The number of rotatable bonds is 6. The maximum Gasteiger partial charge on any atom is 0.416 e. The molecule has 2 aliphatic rings. The molecule has 35 heavy (non-hydrogen) atoms. The van der Waals surface area contributed by atoms with E-state index in [1.165, 1.54) is 6.20 Å². The van der Waals surface area contributed by atoms with Crippen molar-refractivity contribution in [1.82, 2.24) is 10.3 Å². The fourth-order valence-corrected chi connectivity index (χ4v) is 5.01. The van der Waals surface area contributed by atoms with Gasteiger partial charge in [-0.15, -0.1) is 0 Å². The smallest absolute Gasteiger partial charge is 0.416 e. The number of nitrogens with one attached hydrogen (secondary N) is 1. The van der Waals surface area contributed by atoms with Crippen molar-refractivity contribution >= 4 is 29.2 Å². The molecule has 1 aromatic carbocycles. The second-order valence-electron chi connectivity index (χ2n) is 9.46. The Labute approximate surface area is 205 Å².